The molecule has 0 spiro atoms. The normalized spacial score (nSPS) is 24.5. The number of rotatable bonds is 6. The molecule has 1 aliphatic rings. The van der Waals surface area contributed by atoms with Gasteiger partial charge in [-0.15, -0.1) is 0 Å². The van der Waals surface area contributed by atoms with E-state index in [1.165, 1.54) is 0 Å². The lowest BCUT2D eigenvalue weighted by Crippen LogP contribution is -2.34. The van der Waals surface area contributed by atoms with Gasteiger partial charge in [0.15, 0.2) is 0 Å². The van der Waals surface area contributed by atoms with Crippen molar-refractivity contribution in [3.05, 3.63) is 32.9 Å². The Kier molecular flexibility index (Phi) is 5.48. The molecule has 0 radical (unpaired) electrons. The zero-order valence-corrected chi connectivity index (χ0v) is 14.7. The van der Waals surface area contributed by atoms with Gasteiger partial charge in [0.2, 0.25) is 5.82 Å². The van der Waals surface area contributed by atoms with Gasteiger partial charge >= 0.3 is 5.69 Å². The number of H-pyrrole nitrogens is 1. The van der Waals surface area contributed by atoms with E-state index in [-0.39, 0.29) is 6.42 Å². The monoisotopic (exact) mass is 402 g/mol. The molecule has 3 atom stereocenters. The smallest absolute Gasteiger partial charge is 0.330 e. The van der Waals surface area contributed by atoms with Gasteiger partial charge in [-0.25, -0.2) is 4.79 Å². The molecular formula is C11H15FN2O9S2. The van der Waals surface area contributed by atoms with Crippen LogP contribution in [0.3, 0.4) is 0 Å². The summed E-state index contributed by atoms with van der Waals surface area (Å²) in [6.07, 6.45) is -1.60. The van der Waals surface area contributed by atoms with Crippen molar-refractivity contribution >= 4 is 20.2 Å². The maximum absolute atomic E-state index is 13.4. The predicted molar refractivity (Wildman–Crippen MR) is 80.3 cm³/mol. The Morgan fingerprint density at radius 1 is 1.28 bits per heavy atom. The standard InChI is InChI=1S/C11H15FN2O9S2/c1-24(17,18)21-5-8-7(23-25(2,19)20)3-9(22-8)14-4-6(12)10(15)13-11(14)16/h4,7-9H,3,5H2,1-2H3,(H,13,15,16)/t7-,8+,9+/m1/s1. The summed E-state index contributed by atoms with van der Waals surface area (Å²) in [5.74, 6) is -1.25. The van der Waals surface area contributed by atoms with Gasteiger partial charge in [-0.3, -0.25) is 22.7 Å². The molecule has 11 nitrogen and oxygen atoms in total. The van der Waals surface area contributed by atoms with Crippen molar-refractivity contribution in [2.24, 2.45) is 0 Å². The number of ether oxygens (including phenoxy) is 1. The molecule has 2 heterocycles. The van der Waals surface area contributed by atoms with Crippen molar-refractivity contribution < 1.29 is 34.3 Å². The first-order valence-electron chi connectivity index (χ1n) is 6.75. The Hall–Kier alpha value is -1.61. The summed E-state index contributed by atoms with van der Waals surface area (Å²) < 4.78 is 73.7. The minimum Gasteiger partial charge on any atom is -0.349 e. The second-order valence-corrected chi connectivity index (χ2v) is 8.58. The van der Waals surface area contributed by atoms with E-state index in [0.29, 0.717) is 10.8 Å². The third-order valence-corrected chi connectivity index (χ3v) is 4.32. The summed E-state index contributed by atoms with van der Waals surface area (Å²) in [6, 6.07) is 0. The molecular weight excluding hydrogens is 387 g/mol. The highest BCUT2D eigenvalue weighted by atomic mass is 32.2. The van der Waals surface area contributed by atoms with Crippen LogP contribution in [0, 0.1) is 5.82 Å². The number of aromatic amines is 1. The van der Waals surface area contributed by atoms with Crippen LogP contribution in [0.5, 0.6) is 0 Å². The highest BCUT2D eigenvalue weighted by Gasteiger charge is 2.40. The van der Waals surface area contributed by atoms with Crippen LogP contribution in [0.1, 0.15) is 12.6 Å². The molecule has 1 N–H and O–H groups in total. The van der Waals surface area contributed by atoms with Gasteiger partial charge in [-0.05, 0) is 0 Å². The maximum atomic E-state index is 13.4. The minimum atomic E-state index is -3.93. The maximum Gasteiger partial charge on any atom is 0.330 e. The highest BCUT2D eigenvalue weighted by molar-refractivity contribution is 7.86. The van der Waals surface area contributed by atoms with Crippen molar-refractivity contribution in [1.82, 2.24) is 9.55 Å². The van der Waals surface area contributed by atoms with Gasteiger partial charge in [0.05, 0.1) is 25.3 Å². The molecule has 2 rings (SSSR count). The second-order valence-electron chi connectivity index (χ2n) is 5.34. The summed E-state index contributed by atoms with van der Waals surface area (Å²) in [4.78, 5) is 24.6. The molecule has 0 aliphatic carbocycles. The van der Waals surface area contributed by atoms with E-state index in [0.717, 1.165) is 12.5 Å². The van der Waals surface area contributed by atoms with E-state index in [1.54, 1.807) is 4.98 Å². The van der Waals surface area contributed by atoms with E-state index >= 15 is 0 Å². The van der Waals surface area contributed by atoms with Crippen LogP contribution in [0.4, 0.5) is 4.39 Å². The van der Waals surface area contributed by atoms with Crippen LogP contribution in [0.25, 0.3) is 0 Å². The van der Waals surface area contributed by atoms with Crippen molar-refractivity contribution in [2.75, 3.05) is 19.1 Å². The Balaban J connectivity index is 2.29. The molecule has 0 aromatic carbocycles. The van der Waals surface area contributed by atoms with Gasteiger partial charge < -0.3 is 4.74 Å². The van der Waals surface area contributed by atoms with Crippen molar-refractivity contribution in [2.45, 2.75) is 24.9 Å². The fourth-order valence-corrected chi connectivity index (χ4v) is 3.25. The third kappa shape index (κ3) is 5.43. The molecule has 25 heavy (non-hydrogen) atoms. The van der Waals surface area contributed by atoms with Crippen LogP contribution in [-0.2, 0) is 33.3 Å². The van der Waals surface area contributed by atoms with Crippen LogP contribution in [0.15, 0.2) is 15.8 Å². The fourth-order valence-electron chi connectivity index (χ4n) is 2.21. The first kappa shape index (κ1) is 19.7. The first-order valence-corrected chi connectivity index (χ1v) is 10.4. The van der Waals surface area contributed by atoms with Gasteiger partial charge in [0.25, 0.3) is 25.8 Å². The molecule has 1 aliphatic heterocycles. The minimum absolute atomic E-state index is 0.226. The van der Waals surface area contributed by atoms with E-state index in [4.69, 9.17) is 8.92 Å². The Labute approximate surface area is 141 Å². The van der Waals surface area contributed by atoms with E-state index in [1.807, 2.05) is 0 Å². The number of halogens is 1. The van der Waals surface area contributed by atoms with Crippen LogP contribution in [-0.4, -0.2) is 57.7 Å². The molecule has 1 aromatic heterocycles. The zero-order valence-electron chi connectivity index (χ0n) is 13.0. The van der Waals surface area contributed by atoms with E-state index in [9.17, 15) is 30.8 Å². The highest BCUT2D eigenvalue weighted by Crippen LogP contribution is 2.31. The van der Waals surface area contributed by atoms with Gasteiger partial charge in [-0.2, -0.15) is 21.2 Å². The topological polar surface area (TPSA) is 151 Å². The number of nitrogens with one attached hydrogen (secondary N) is 1. The SMILES string of the molecule is CS(=O)(=O)OC[C@@H]1O[C@H](n2cc(F)c(=O)[nH]c2=O)C[C@H]1OS(C)(=O)=O. The van der Waals surface area contributed by atoms with Crippen molar-refractivity contribution in [3.8, 4) is 0 Å². The summed E-state index contributed by atoms with van der Waals surface area (Å²) >= 11 is 0. The predicted octanol–water partition coefficient (Wildman–Crippen LogP) is -1.72. The number of aromatic nitrogens is 2. The summed E-state index contributed by atoms with van der Waals surface area (Å²) in [7, 11) is -7.77. The second kappa shape index (κ2) is 6.95. The first-order chi connectivity index (χ1) is 11.4. The number of hydrogen-bond acceptors (Lipinski definition) is 9. The van der Waals surface area contributed by atoms with E-state index in [2.05, 4.69) is 4.18 Å². The summed E-state index contributed by atoms with van der Waals surface area (Å²) in [6.45, 7) is -0.573. The van der Waals surface area contributed by atoms with Crippen molar-refractivity contribution in [1.29, 1.82) is 0 Å². The molecule has 1 saturated heterocycles. The molecule has 142 valence electrons. The zero-order chi connectivity index (χ0) is 19.0. The molecule has 1 fully saturated rings. The lowest BCUT2D eigenvalue weighted by atomic mass is 10.2. The molecule has 14 heteroatoms. The fraction of sp³-hybridized carbons (Fsp3) is 0.636. The Morgan fingerprint density at radius 2 is 1.92 bits per heavy atom. The van der Waals surface area contributed by atoms with Gasteiger partial charge in [0.1, 0.15) is 18.4 Å². The summed E-state index contributed by atoms with van der Waals surface area (Å²) in [5, 5.41) is 0. The summed E-state index contributed by atoms with van der Waals surface area (Å²) in [5.41, 5.74) is -2.21. The largest absolute Gasteiger partial charge is 0.349 e. The molecule has 0 saturated carbocycles. The van der Waals surface area contributed by atoms with Gasteiger partial charge in [0, 0.05) is 6.42 Å². The lowest BCUT2D eigenvalue weighted by Gasteiger charge is -2.17. The lowest BCUT2D eigenvalue weighted by molar-refractivity contribution is -0.0356. The Morgan fingerprint density at radius 3 is 2.48 bits per heavy atom. The van der Waals surface area contributed by atoms with Crippen LogP contribution in [0.2, 0.25) is 0 Å². The van der Waals surface area contributed by atoms with E-state index < -0.39 is 62.3 Å². The molecule has 1 aromatic rings. The quantitative estimate of drug-likeness (QED) is 0.548. The van der Waals surface area contributed by atoms with Gasteiger partial charge in [-0.1, -0.05) is 0 Å². The number of hydrogen-bond donors (Lipinski definition) is 1. The molecule has 0 unspecified atom stereocenters. The van der Waals surface area contributed by atoms with Crippen LogP contribution >= 0.6 is 0 Å². The van der Waals surface area contributed by atoms with Crippen molar-refractivity contribution in [3.63, 3.8) is 0 Å². The average Bonchev–Trinajstić information content (AvgIpc) is 2.80. The third-order valence-electron chi connectivity index (χ3n) is 3.16. The average molecular weight is 402 g/mol. The van der Waals surface area contributed by atoms with Crippen LogP contribution < -0.4 is 11.2 Å². The molecule has 0 bridgehead atoms. The number of nitrogens with zero attached hydrogens (tertiary/aromatic N) is 1. The Bertz CT molecular complexity index is 966. The molecule has 0 amide bonds.